The molecule has 2 atom stereocenters. The first-order valence-corrected chi connectivity index (χ1v) is 14.8. The van der Waals surface area contributed by atoms with Crippen LogP contribution in [0.1, 0.15) is 98.0 Å². The van der Waals surface area contributed by atoms with E-state index < -0.39 is 12.1 Å². The molecule has 2 saturated carbocycles. The Bertz CT molecular complexity index is 1080. The zero-order valence-electron chi connectivity index (χ0n) is 22.5. The first-order chi connectivity index (χ1) is 18.6. The van der Waals surface area contributed by atoms with Crippen molar-refractivity contribution in [2.75, 3.05) is 18.0 Å². The lowest BCUT2D eigenvalue weighted by Gasteiger charge is -2.29. The highest BCUT2D eigenvalue weighted by atomic mass is 16.3. The number of hydrogen-bond donors (Lipinski definition) is 3. The number of aliphatic hydroxyl groups is 1. The fraction of sp³-hybridized carbons (Fsp3) is 0.562. The molecule has 0 bridgehead atoms. The van der Waals surface area contributed by atoms with Crippen molar-refractivity contribution >= 4 is 17.5 Å². The molecule has 0 aromatic heterocycles. The monoisotopic (exact) mass is 517 g/mol. The van der Waals surface area contributed by atoms with Crippen LogP contribution in [0.3, 0.4) is 0 Å². The maximum absolute atomic E-state index is 13.7. The molecular weight excluding hydrogens is 474 g/mol. The minimum absolute atomic E-state index is 0.131. The van der Waals surface area contributed by atoms with Gasteiger partial charge in [-0.25, -0.2) is 0 Å². The second kappa shape index (κ2) is 12.9. The first kappa shape index (κ1) is 26.9. The molecule has 38 heavy (non-hydrogen) atoms. The van der Waals surface area contributed by atoms with E-state index in [1.54, 1.807) is 0 Å². The molecule has 2 aromatic carbocycles. The average Bonchev–Trinajstić information content (AvgIpc) is 3.64. The molecule has 0 spiro atoms. The topological polar surface area (TPSA) is 81.7 Å². The number of rotatable bonds is 10. The van der Waals surface area contributed by atoms with Gasteiger partial charge in [0, 0.05) is 36.8 Å². The molecule has 2 aromatic rings. The molecule has 6 nitrogen and oxygen atoms in total. The highest BCUT2D eigenvalue weighted by molar-refractivity contribution is 5.99. The third-order valence-electron chi connectivity index (χ3n) is 8.71. The summed E-state index contributed by atoms with van der Waals surface area (Å²) in [5.74, 6) is 0.381. The third kappa shape index (κ3) is 6.83. The smallest absolute Gasteiger partial charge is 0.251 e. The van der Waals surface area contributed by atoms with E-state index in [9.17, 15) is 14.7 Å². The van der Waals surface area contributed by atoms with Crippen molar-refractivity contribution in [3.63, 3.8) is 0 Å². The Balaban J connectivity index is 1.35. The van der Waals surface area contributed by atoms with E-state index >= 15 is 0 Å². The summed E-state index contributed by atoms with van der Waals surface area (Å²) in [4.78, 5) is 28.1. The van der Waals surface area contributed by atoms with Crippen molar-refractivity contribution in [3.8, 4) is 0 Å². The molecule has 1 heterocycles. The van der Waals surface area contributed by atoms with E-state index in [1.807, 2.05) is 47.4 Å². The number of aliphatic hydroxyl groups excluding tert-OH is 1. The molecule has 5 rings (SSSR count). The van der Waals surface area contributed by atoms with Gasteiger partial charge in [0.1, 0.15) is 0 Å². The number of anilines is 1. The van der Waals surface area contributed by atoms with Gasteiger partial charge in [-0.1, -0.05) is 62.4 Å². The minimum Gasteiger partial charge on any atom is -0.390 e. The number of hydrogen-bond acceptors (Lipinski definition) is 4. The summed E-state index contributed by atoms with van der Waals surface area (Å²) in [5, 5.41) is 18.0. The Labute approximate surface area is 227 Å². The number of carbonyl (C=O) groups excluding carboxylic acids is 2. The lowest BCUT2D eigenvalue weighted by molar-refractivity contribution is -0.117. The van der Waals surface area contributed by atoms with Crippen molar-refractivity contribution in [2.24, 2.45) is 0 Å². The summed E-state index contributed by atoms with van der Waals surface area (Å²) in [6.07, 6.45) is 12.0. The van der Waals surface area contributed by atoms with Gasteiger partial charge >= 0.3 is 0 Å². The molecule has 3 aliphatic rings. The summed E-state index contributed by atoms with van der Waals surface area (Å²) in [7, 11) is 0. The number of nitrogens with zero attached hydrogens (tertiary/aromatic N) is 1. The molecule has 1 saturated heterocycles. The average molecular weight is 518 g/mol. The quantitative estimate of drug-likeness (QED) is 0.410. The molecule has 2 amide bonds. The first-order valence-electron chi connectivity index (χ1n) is 14.8. The van der Waals surface area contributed by atoms with Crippen molar-refractivity contribution in [3.05, 3.63) is 65.2 Å². The van der Waals surface area contributed by atoms with Crippen LogP contribution in [0.5, 0.6) is 0 Å². The summed E-state index contributed by atoms with van der Waals surface area (Å²) in [6.45, 7) is 1.16. The van der Waals surface area contributed by atoms with Crippen molar-refractivity contribution in [2.45, 2.75) is 101 Å². The largest absolute Gasteiger partial charge is 0.390 e. The van der Waals surface area contributed by atoms with Gasteiger partial charge in [0.25, 0.3) is 5.91 Å². The lowest BCUT2D eigenvalue weighted by atomic mass is 9.94. The Morgan fingerprint density at radius 3 is 2.39 bits per heavy atom. The van der Waals surface area contributed by atoms with Crippen LogP contribution in [-0.2, 0) is 11.2 Å². The van der Waals surface area contributed by atoms with Gasteiger partial charge in [0.05, 0.1) is 12.1 Å². The van der Waals surface area contributed by atoms with E-state index in [4.69, 9.17) is 0 Å². The molecule has 1 aliphatic heterocycles. The van der Waals surface area contributed by atoms with Gasteiger partial charge in [0.15, 0.2) is 0 Å². The molecule has 3 N–H and O–H groups in total. The third-order valence-corrected chi connectivity index (χ3v) is 8.71. The summed E-state index contributed by atoms with van der Waals surface area (Å²) in [5.41, 5.74) is 3.65. The summed E-state index contributed by atoms with van der Waals surface area (Å²) < 4.78 is 0. The summed E-state index contributed by atoms with van der Waals surface area (Å²) >= 11 is 0. The molecule has 2 aliphatic carbocycles. The number of carbonyl (C=O) groups is 2. The van der Waals surface area contributed by atoms with Gasteiger partial charge in [0.2, 0.25) is 5.91 Å². The SMILES string of the molecule is O=C(N[C@@H](Cc1ccccc1)[C@H](O)CNC1CCCCC1)c1cc(C2CCCC2)cc(N2CCCC2=O)c1. The van der Waals surface area contributed by atoms with Crippen molar-refractivity contribution in [1.29, 1.82) is 0 Å². The molecule has 204 valence electrons. The van der Waals surface area contributed by atoms with E-state index in [1.165, 1.54) is 32.1 Å². The van der Waals surface area contributed by atoms with Crippen LogP contribution in [-0.4, -0.2) is 48.2 Å². The van der Waals surface area contributed by atoms with Crippen LogP contribution >= 0.6 is 0 Å². The highest BCUT2D eigenvalue weighted by Crippen LogP contribution is 2.37. The standard InChI is InChI=1S/C32H43N3O3/c36-30(22-33-27-14-5-2-6-15-27)29(18-23-10-3-1-4-11-23)34-32(38)26-19-25(24-12-7-8-13-24)20-28(21-26)35-17-9-16-31(35)37/h1,3-4,10-11,19-21,24,27,29-30,33,36H,2,5-9,12-18,22H2,(H,34,38)/t29-,30+/m0/s1. The van der Waals surface area contributed by atoms with Crippen LogP contribution < -0.4 is 15.5 Å². The van der Waals surface area contributed by atoms with Gasteiger partial charge in [-0.3, -0.25) is 9.59 Å². The predicted octanol–water partition coefficient (Wildman–Crippen LogP) is 5.10. The predicted molar refractivity (Wildman–Crippen MR) is 152 cm³/mol. The minimum atomic E-state index is -0.710. The van der Waals surface area contributed by atoms with E-state index in [-0.39, 0.29) is 11.8 Å². The van der Waals surface area contributed by atoms with Crippen LogP contribution in [0.2, 0.25) is 0 Å². The van der Waals surface area contributed by atoms with Crippen LogP contribution in [0.4, 0.5) is 5.69 Å². The van der Waals surface area contributed by atoms with E-state index in [0.717, 1.165) is 48.9 Å². The van der Waals surface area contributed by atoms with Gasteiger partial charge in [-0.15, -0.1) is 0 Å². The maximum Gasteiger partial charge on any atom is 0.251 e. The molecule has 0 unspecified atom stereocenters. The maximum atomic E-state index is 13.7. The van der Waals surface area contributed by atoms with Gasteiger partial charge in [-0.05, 0) is 73.8 Å². The van der Waals surface area contributed by atoms with Gasteiger partial charge in [-0.2, -0.15) is 0 Å². The molecule has 0 radical (unpaired) electrons. The summed E-state index contributed by atoms with van der Waals surface area (Å²) in [6, 6.07) is 16.1. The molecule has 6 heteroatoms. The molecule has 3 fully saturated rings. The number of benzene rings is 2. The zero-order chi connectivity index (χ0) is 26.3. The fourth-order valence-corrected chi connectivity index (χ4v) is 6.48. The second-order valence-corrected chi connectivity index (χ2v) is 11.5. The number of amides is 2. The van der Waals surface area contributed by atoms with Crippen LogP contribution in [0.25, 0.3) is 0 Å². The number of nitrogens with one attached hydrogen (secondary N) is 2. The Morgan fingerprint density at radius 2 is 1.68 bits per heavy atom. The zero-order valence-corrected chi connectivity index (χ0v) is 22.5. The molecular formula is C32H43N3O3. The Kier molecular flexibility index (Phi) is 9.13. The lowest BCUT2D eigenvalue weighted by Crippen LogP contribution is -2.50. The van der Waals surface area contributed by atoms with Crippen molar-refractivity contribution < 1.29 is 14.7 Å². The fourth-order valence-electron chi connectivity index (χ4n) is 6.48. The highest BCUT2D eigenvalue weighted by Gasteiger charge is 2.28. The Morgan fingerprint density at radius 1 is 0.947 bits per heavy atom. The van der Waals surface area contributed by atoms with Crippen molar-refractivity contribution in [1.82, 2.24) is 10.6 Å². The van der Waals surface area contributed by atoms with Gasteiger partial charge < -0.3 is 20.6 Å². The van der Waals surface area contributed by atoms with Crippen LogP contribution in [0.15, 0.2) is 48.5 Å². The van der Waals surface area contributed by atoms with Crippen LogP contribution in [0, 0.1) is 0 Å². The Hall–Kier alpha value is -2.70. The second-order valence-electron chi connectivity index (χ2n) is 11.5. The van der Waals surface area contributed by atoms with E-state index in [2.05, 4.69) is 16.7 Å². The normalized spacial score (nSPS) is 20.6. The van der Waals surface area contributed by atoms with E-state index in [0.29, 0.717) is 43.5 Å².